The number of hydrogen-bond acceptors (Lipinski definition) is 3. The molecule has 2 fully saturated rings. The number of nitrogens with one attached hydrogen (secondary N) is 1. The lowest BCUT2D eigenvalue weighted by atomic mass is 10.0. The van der Waals surface area contributed by atoms with Gasteiger partial charge < -0.3 is 16.0 Å². The van der Waals surface area contributed by atoms with Gasteiger partial charge in [0, 0.05) is 30.4 Å². The van der Waals surface area contributed by atoms with Crippen molar-refractivity contribution < 1.29 is 4.79 Å². The molecule has 2 amide bonds. The average Bonchev–Trinajstić information content (AvgIpc) is 2.78. The highest BCUT2D eigenvalue weighted by atomic mass is 32.2. The minimum Gasteiger partial charge on any atom is -0.351 e. The van der Waals surface area contributed by atoms with E-state index in [1.165, 1.54) is 25.0 Å². The second kappa shape index (κ2) is 6.66. The Labute approximate surface area is 114 Å². The van der Waals surface area contributed by atoms with Gasteiger partial charge in [-0.3, -0.25) is 0 Å². The summed E-state index contributed by atoms with van der Waals surface area (Å²) in [6.07, 6.45) is 6.12. The first-order valence-electron chi connectivity index (χ1n) is 7.12. The number of urea groups is 1. The summed E-state index contributed by atoms with van der Waals surface area (Å²) in [7, 11) is 0. The van der Waals surface area contributed by atoms with Crippen LogP contribution in [0.2, 0.25) is 0 Å². The number of nitrogens with two attached hydrogens (primary N) is 1. The van der Waals surface area contributed by atoms with Crippen molar-refractivity contribution in [1.82, 2.24) is 10.2 Å². The van der Waals surface area contributed by atoms with Crippen molar-refractivity contribution in [2.45, 2.75) is 56.4 Å². The number of nitrogens with zero attached hydrogens (tertiary/aromatic N) is 1. The Balaban J connectivity index is 1.75. The van der Waals surface area contributed by atoms with Gasteiger partial charge in [-0.15, -0.1) is 0 Å². The summed E-state index contributed by atoms with van der Waals surface area (Å²) in [5.74, 6) is 1.21. The predicted octanol–water partition coefficient (Wildman–Crippen LogP) is 1.79. The van der Waals surface area contributed by atoms with Crippen molar-refractivity contribution in [2.75, 3.05) is 18.8 Å². The number of hydrogen-bond donors (Lipinski definition) is 2. The number of rotatable bonds is 4. The normalized spacial score (nSPS) is 29.7. The van der Waals surface area contributed by atoms with E-state index >= 15 is 0 Å². The van der Waals surface area contributed by atoms with Gasteiger partial charge in [0.1, 0.15) is 0 Å². The van der Waals surface area contributed by atoms with Crippen molar-refractivity contribution >= 4 is 17.8 Å². The van der Waals surface area contributed by atoms with Crippen molar-refractivity contribution in [3.63, 3.8) is 0 Å². The van der Waals surface area contributed by atoms with Crippen LogP contribution >= 0.6 is 11.8 Å². The molecule has 5 heteroatoms. The Kier molecular flexibility index (Phi) is 5.18. The Morgan fingerprint density at radius 1 is 1.33 bits per heavy atom. The number of piperidine rings is 1. The summed E-state index contributed by atoms with van der Waals surface area (Å²) in [4.78, 5) is 12.8. The molecule has 1 aliphatic heterocycles. The van der Waals surface area contributed by atoms with Crippen molar-refractivity contribution in [3.05, 3.63) is 0 Å². The predicted molar refractivity (Wildman–Crippen MR) is 76.9 cm³/mol. The standard InChI is InChI=1S/C13H25N3OS/c1-2-18-12-5-3-4-11(12)15-10-6-8-16(9-7-10)13(14)17/h10-12,15H,2-9H2,1H3,(H2,14,17). The molecule has 0 radical (unpaired) electrons. The molecule has 0 aromatic heterocycles. The number of primary amides is 1. The lowest BCUT2D eigenvalue weighted by molar-refractivity contribution is 0.182. The van der Waals surface area contributed by atoms with Gasteiger partial charge in [-0.05, 0) is 31.4 Å². The molecule has 18 heavy (non-hydrogen) atoms. The Morgan fingerprint density at radius 2 is 2.06 bits per heavy atom. The average molecular weight is 271 g/mol. The fraction of sp³-hybridized carbons (Fsp3) is 0.923. The van der Waals surface area contributed by atoms with E-state index in [4.69, 9.17) is 5.73 Å². The maximum absolute atomic E-state index is 11.1. The molecule has 1 heterocycles. The molecule has 1 saturated carbocycles. The van der Waals surface area contributed by atoms with E-state index in [-0.39, 0.29) is 6.03 Å². The fourth-order valence-corrected chi connectivity index (χ4v) is 4.31. The van der Waals surface area contributed by atoms with Crippen LogP contribution in [0.1, 0.15) is 39.0 Å². The van der Waals surface area contributed by atoms with E-state index in [1.807, 2.05) is 0 Å². The second-order valence-corrected chi connectivity index (χ2v) is 6.81. The lowest BCUT2D eigenvalue weighted by Gasteiger charge is -2.34. The van der Waals surface area contributed by atoms with Gasteiger partial charge in [0.25, 0.3) is 0 Å². The monoisotopic (exact) mass is 271 g/mol. The molecule has 0 bridgehead atoms. The molecule has 3 N–H and O–H groups in total. The van der Waals surface area contributed by atoms with Crippen LogP contribution in [0, 0.1) is 0 Å². The molecule has 0 aromatic rings. The van der Waals surface area contributed by atoms with E-state index in [2.05, 4.69) is 24.0 Å². The number of amides is 2. The lowest BCUT2D eigenvalue weighted by Crippen LogP contribution is -2.50. The number of carbonyl (C=O) groups excluding carboxylic acids is 1. The maximum Gasteiger partial charge on any atom is 0.314 e. The third-order valence-electron chi connectivity index (χ3n) is 4.09. The molecule has 2 unspecified atom stereocenters. The molecule has 4 nitrogen and oxygen atoms in total. The first kappa shape index (κ1) is 14.0. The Morgan fingerprint density at radius 3 is 2.67 bits per heavy atom. The van der Waals surface area contributed by atoms with E-state index in [9.17, 15) is 4.79 Å². The Hall–Kier alpha value is -0.420. The number of likely N-dealkylation sites (tertiary alicyclic amines) is 1. The molecule has 0 spiro atoms. The highest BCUT2D eigenvalue weighted by molar-refractivity contribution is 7.99. The van der Waals surface area contributed by atoms with E-state index in [1.54, 1.807) is 4.90 Å². The summed E-state index contributed by atoms with van der Waals surface area (Å²) in [5, 5.41) is 4.61. The molecule has 104 valence electrons. The van der Waals surface area contributed by atoms with Crippen LogP contribution in [0.5, 0.6) is 0 Å². The van der Waals surface area contributed by atoms with Gasteiger partial charge in [-0.25, -0.2) is 4.79 Å². The minimum atomic E-state index is -0.270. The third kappa shape index (κ3) is 3.54. The molecule has 2 atom stereocenters. The SMILES string of the molecule is CCSC1CCCC1NC1CCN(C(N)=O)CC1. The first-order chi connectivity index (χ1) is 8.70. The molecule has 1 saturated heterocycles. The first-order valence-corrected chi connectivity index (χ1v) is 8.17. The zero-order valence-corrected chi connectivity index (χ0v) is 12.0. The summed E-state index contributed by atoms with van der Waals surface area (Å²) in [5.41, 5.74) is 5.30. The van der Waals surface area contributed by atoms with Crippen LogP contribution in [0.4, 0.5) is 4.79 Å². The largest absolute Gasteiger partial charge is 0.351 e. The molecular weight excluding hydrogens is 246 g/mol. The summed E-state index contributed by atoms with van der Waals surface area (Å²) >= 11 is 2.09. The van der Waals surface area contributed by atoms with Gasteiger partial charge >= 0.3 is 6.03 Å². The van der Waals surface area contributed by atoms with Gasteiger partial charge in [-0.1, -0.05) is 13.3 Å². The molecule has 2 aliphatic rings. The van der Waals surface area contributed by atoms with Crippen LogP contribution in [0.15, 0.2) is 0 Å². The topological polar surface area (TPSA) is 58.4 Å². The number of thioether (sulfide) groups is 1. The molecular formula is C13H25N3OS. The van der Waals surface area contributed by atoms with Crippen molar-refractivity contribution in [3.8, 4) is 0 Å². The highest BCUT2D eigenvalue weighted by Crippen LogP contribution is 2.30. The van der Waals surface area contributed by atoms with Crippen LogP contribution < -0.4 is 11.1 Å². The van der Waals surface area contributed by atoms with Crippen LogP contribution in [-0.4, -0.2) is 47.1 Å². The highest BCUT2D eigenvalue weighted by Gasteiger charge is 2.30. The summed E-state index contributed by atoms with van der Waals surface area (Å²) in [6.45, 7) is 3.86. The molecule has 2 rings (SSSR count). The fourth-order valence-electron chi connectivity index (χ4n) is 3.10. The molecule has 0 aromatic carbocycles. The smallest absolute Gasteiger partial charge is 0.314 e. The summed E-state index contributed by atoms with van der Waals surface area (Å²) < 4.78 is 0. The minimum absolute atomic E-state index is 0.270. The maximum atomic E-state index is 11.1. The van der Waals surface area contributed by atoms with Gasteiger partial charge in [0.2, 0.25) is 0 Å². The van der Waals surface area contributed by atoms with Gasteiger partial charge in [0.05, 0.1) is 0 Å². The van der Waals surface area contributed by atoms with E-state index in [0.29, 0.717) is 12.1 Å². The number of carbonyl (C=O) groups is 1. The van der Waals surface area contributed by atoms with Gasteiger partial charge in [0.15, 0.2) is 0 Å². The molecule has 1 aliphatic carbocycles. The zero-order valence-electron chi connectivity index (χ0n) is 11.2. The van der Waals surface area contributed by atoms with Crippen LogP contribution in [0.25, 0.3) is 0 Å². The van der Waals surface area contributed by atoms with E-state index < -0.39 is 0 Å². The second-order valence-electron chi connectivity index (χ2n) is 5.30. The van der Waals surface area contributed by atoms with E-state index in [0.717, 1.165) is 31.2 Å². The summed E-state index contributed by atoms with van der Waals surface area (Å²) in [6, 6.07) is 0.984. The Bertz CT molecular complexity index is 279. The quantitative estimate of drug-likeness (QED) is 0.819. The van der Waals surface area contributed by atoms with Crippen molar-refractivity contribution in [2.24, 2.45) is 5.73 Å². The third-order valence-corrected chi connectivity index (χ3v) is 5.42. The van der Waals surface area contributed by atoms with Crippen LogP contribution in [-0.2, 0) is 0 Å². The van der Waals surface area contributed by atoms with Crippen molar-refractivity contribution in [1.29, 1.82) is 0 Å². The zero-order chi connectivity index (χ0) is 13.0. The van der Waals surface area contributed by atoms with Gasteiger partial charge in [-0.2, -0.15) is 11.8 Å². The van der Waals surface area contributed by atoms with Crippen LogP contribution in [0.3, 0.4) is 0 Å².